The molecule has 0 bridgehead atoms. The second kappa shape index (κ2) is 8.98. The van der Waals surface area contributed by atoms with Crippen LogP contribution in [0.15, 0.2) is 42.5 Å². The second-order valence-corrected chi connectivity index (χ2v) is 6.19. The first-order valence-electron chi connectivity index (χ1n) is 8.74. The second-order valence-electron chi connectivity index (χ2n) is 6.19. The van der Waals surface area contributed by atoms with Crippen LogP contribution in [-0.2, 0) is 14.3 Å². The molecule has 0 saturated heterocycles. The minimum absolute atomic E-state index is 0.158. The van der Waals surface area contributed by atoms with Gasteiger partial charge in [0.2, 0.25) is 11.8 Å². The van der Waals surface area contributed by atoms with E-state index < -0.39 is 11.9 Å². The first-order chi connectivity index (χ1) is 12.8. The Bertz CT molecular complexity index is 861. The van der Waals surface area contributed by atoms with Gasteiger partial charge in [-0.25, -0.2) is 4.79 Å². The van der Waals surface area contributed by atoms with Gasteiger partial charge in [-0.05, 0) is 56.2 Å². The van der Waals surface area contributed by atoms with Gasteiger partial charge < -0.3 is 15.0 Å². The summed E-state index contributed by atoms with van der Waals surface area (Å²) >= 11 is 0. The van der Waals surface area contributed by atoms with E-state index in [0.717, 1.165) is 11.1 Å². The van der Waals surface area contributed by atoms with Crippen molar-refractivity contribution in [2.75, 3.05) is 23.4 Å². The van der Waals surface area contributed by atoms with Crippen LogP contribution >= 0.6 is 0 Å². The number of carbonyl (C=O) groups excluding carboxylic acids is 3. The van der Waals surface area contributed by atoms with Crippen LogP contribution in [0, 0.1) is 13.8 Å². The summed E-state index contributed by atoms with van der Waals surface area (Å²) in [6.07, 6.45) is 0. The summed E-state index contributed by atoms with van der Waals surface area (Å²) in [7, 11) is 0. The molecule has 0 atom stereocenters. The highest BCUT2D eigenvalue weighted by molar-refractivity contribution is 6.05. The third-order valence-electron chi connectivity index (χ3n) is 4.18. The van der Waals surface area contributed by atoms with E-state index in [0.29, 0.717) is 11.4 Å². The fraction of sp³-hybridized carbons (Fsp3) is 0.286. The van der Waals surface area contributed by atoms with Crippen LogP contribution in [-0.4, -0.2) is 30.9 Å². The molecule has 0 aliphatic carbocycles. The van der Waals surface area contributed by atoms with E-state index in [9.17, 15) is 14.4 Å². The van der Waals surface area contributed by atoms with Gasteiger partial charge in [-0.15, -0.1) is 0 Å². The topological polar surface area (TPSA) is 75.7 Å². The van der Waals surface area contributed by atoms with E-state index in [-0.39, 0.29) is 24.6 Å². The Morgan fingerprint density at radius 2 is 1.74 bits per heavy atom. The van der Waals surface area contributed by atoms with Gasteiger partial charge in [-0.2, -0.15) is 0 Å². The van der Waals surface area contributed by atoms with Crippen LogP contribution in [0.3, 0.4) is 0 Å². The Morgan fingerprint density at radius 3 is 2.37 bits per heavy atom. The number of anilines is 2. The zero-order valence-corrected chi connectivity index (χ0v) is 16.0. The molecule has 0 saturated carbocycles. The van der Waals surface area contributed by atoms with Gasteiger partial charge in [0.1, 0.15) is 6.54 Å². The number of carbonyl (C=O) groups is 3. The van der Waals surface area contributed by atoms with Gasteiger partial charge in [-0.1, -0.05) is 18.2 Å². The molecule has 2 aromatic carbocycles. The number of benzene rings is 2. The van der Waals surface area contributed by atoms with Crippen LogP contribution < -0.4 is 10.2 Å². The summed E-state index contributed by atoms with van der Waals surface area (Å²) in [5.41, 5.74) is 3.42. The molecule has 1 N–H and O–H groups in total. The van der Waals surface area contributed by atoms with Crippen LogP contribution in [0.1, 0.15) is 35.3 Å². The maximum Gasteiger partial charge on any atom is 0.340 e. The lowest BCUT2D eigenvalue weighted by atomic mass is 10.1. The normalized spacial score (nSPS) is 10.2. The molecule has 6 heteroatoms. The number of esters is 1. The van der Waals surface area contributed by atoms with Crippen LogP contribution in [0.4, 0.5) is 11.4 Å². The number of nitrogens with one attached hydrogen (secondary N) is 1. The van der Waals surface area contributed by atoms with Gasteiger partial charge in [0, 0.05) is 12.6 Å². The molecule has 0 spiro atoms. The highest BCUT2D eigenvalue weighted by Crippen LogP contribution is 2.20. The van der Waals surface area contributed by atoms with Crippen molar-refractivity contribution in [3.05, 3.63) is 59.2 Å². The number of amides is 2. The molecule has 0 aliphatic heterocycles. The van der Waals surface area contributed by atoms with Crippen molar-refractivity contribution >= 4 is 29.2 Å². The number of rotatable bonds is 6. The molecular weight excluding hydrogens is 344 g/mol. The zero-order valence-electron chi connectivity index (χ0n) is 16.0. The minimum atomic E-state index is -0.508. The van der Waals surface area contributed by atoms with Crippen molar-refractivity contribution in [3.63, 3.8) is 0 Å². The number of hydrogen-bond donors (Lipinski definition) is 1. The summed E-state index contributed by atoms with van der Waals surface area (Å²) < 4.78 is 5.01. The number of aryl methyl sites for hydroxylation is 2. The van der Waals surface area contributed by atoms with E-state index in [4.69, 9.17) is 4.74 Å². The minimum Gasteiger partial charge on any atom is -0.462 e. The molecule has 0 radical (unpaired) electrons. The number of ether oxygens (including phenoxy) is 1. The molecule has 0 fully saturated rings. The fourth-order valence-electron chi connectivity index (χ4n) is 2.59. The average molecular weight is 368 g/mol. The highest BCUT2D eigenvalue weighted by Gasteiger charge is 2.19. The van der Waals surface area contributed by atoms with Crippen LogP contribution in [0.2, 0.25) is 0 Å². The van der Waals surface area contributed by atoms with Gasteiger partial charge in [0.05, 0.1) is 17.9 Å². The van der Waals surface area contributed by atoms with Crippen molar-refractivity contribution in [1.82, 2.24) is 0 Å². The van der Waals surface area contributed by atoms with Crippen molar-refractivity contribution < 1.29 is 19.1 Å². The summed E-state index contributed by atoms with van der Waals surface area (Å²) in [4.78, 5) is 38.0. The Labute approximate surface area is 159 Å². The fourth-order valence-corrected chi connectivity index (χ4v) is 2.59. The predicted octanol–water partition coefficient (Wildman–Crippen LogP) is 3.47. The first kappa shape index (κ1) is 20.2. The zero-order chi connectivity index (χ0) is 20.0. The summed E-state index contributed by atoms with van der Waals surface area (Å²) in [6.45, 7) is 7.15. The molecule has 0 aliphatic rings. The van der Waals surface area contributed by atoms with E-state index in [1.165, 1.54) is 11.8 Å². The lowest BCUT2D eigenvalue weighted by Crippen LogP contribution is -2.37. The molecule has 6 nitrogen and oxygen atoms in total. The molecule has 0 heterocycles. The summed E-state index contributed by atoms with van der Waals surface area (Å²) in [5.74, 6) is -1.15. The summed E-state index contributed by atoms with van der Waals surface area (Å²) in [6, 6.07) is 12.2. The van der Waals surface area contributed by atoms with Gasteiger partial charge in [0.25, 0.3) is 0 Å². The average Bonchev–Trinajstić information content (AvgIpc) is 2.62. The standard InChI is InChI=1S/C21H24N2O4/c1-5-27-21(26)18-8-6-7-9-19(18)22-20(25)13-23(16(4)24)17-11-10-14(2)15(3)12-17/h6-12H,5,13H2,1-4H3,(H,22,25). The van der Waals surface area contributed by atoms with Crippen molar-refractivity contribution in [2.45, 2.75) is 27.7 Å². The van der Waals surface area contributed by atoms with Gasteiger partial charge >= 0.3 is 5.97 Å². The highest BCUT2D eigenvalue weighted by atomic mass is 16.5. The maximum atomic E-state index is 12.5. The van der Waals surface area contributed by atoms with Crippen molar-refractivity contribution in [1.29, 1.82) is 0 Å². The molecular formula is C21H24N2O4. The van der Waals surface area contributed by atoms with Crippen molar-refractivity contribution in [2.24, 2.45) is 0 Å². The van der Waals surface area contributed by atoms with E-state index in [2.05, 4.69) is 5.32 Å². The van der Waals surface area contributed by atoms with Crippen molar-refractivity contribution in [3.8, 4) is 0 Å². The largest absolute Gasteiger partial charge is 0.462 e. The SMILES string of the molecule is CCOC(=O)c1ccccc1NC(=O)CN(C(C)=O)c1ccc(C)c(C)c1. The Balaban J connectivity index is 2.19. The van der Waals surface area contributed by atoms with E-state index >= 15 is 0 Å². The van der Waals surface area contributed by atoms with Gasteiger partial charge in [-0.3, -0.25) is 9.59 Å². The molecule has 142 valence electrons. The number of para-hydroxylation sites is 1. The Kier molecular flexibility index (Phi) is 6.71. The quantitative estimate of drug-likeness (QED) is 0.792. The molecule has 0 aromatic heterocycles. The Hall–Kier alpha value is -3.15. The van der Waals surface area contributed by atoms with E-state index in [1.807, 2.05) is 32.0 Å². The summed E-state index contributed by atoms with van der Waals surface area (Å²) in [5, 5.41) is 2.70. The third kappa shape index (κ3) is 5.17. The number of hydrogen-bond acceptors (Lipinski definition) is 4. The molecule has 2 aromatic rings. The smallest absolute Gasteiger partial charge is 0.340 e. The van der Waals surface area contributed by atoms with Gasteiger partial charge in [0.15, 0.2) is 0 Å². The lowest BCUT2D eigenvalue weighted by Gasteiger charge is -2.22. The maximum absolute atomic E-state index is 12.5. The first-order valence-corrected chi connectivity index (χ1v) is 8.74. The van der Waals surface area contributed by atoms with Crippen LogP contribution in [0.5, 0.6) is 0 Å². The molecule has 27 heavy (non-hydrogen) atoms. The van der Waals surface area contributed by atoms with E-state index in [1.54, 1.807) is 31.2 Å². The lowest BCUT2D eigenvalue weighted by molar-refractivity contribution is -0.120. The van der Waals surface area contributed by atoms with Crippen LogP contribution in [0.25, 0.3) is 0 Å². The Morgan fingerprint density at radius 1 is 1.04 bits per heavy atom. The predicted molar refractivity (Wildman–Crippen MR) is 105 cm³/mol. The molecule has 0 unspecified atom stereocenters. The molecule has 2 amide bonds. The third-order valence-corrected chi connectivity index (χ3v) is 4.18. The number of nitrogens with zero attached hydrogens (tertiary/aromatic N) is 1. The monoisotopic (exact) mass is 368 g/mol. The molecule has 2 rings (SSSR count).